The Hall–Kier alpha value is -2.36. The third kappa shape index (κ3) is 4.19. The Labute approximate surface area is 148 Å². The molecule has 2 aromatic rings. The second-order valence-electron chi connectivity index (χ2n) is 6.82. The van der Waals surface area contributed by atoms with Crippen LogP contribution in [-0.2, 0) is 0 Å². The lowest BCUT2D eigenvalue weighted by molar-refractivity contribution is 0.0628. The van der Waals surface area contributed by atoms with Crippen LogP contribution >= 0.6 is 0 Å². The fraction of sp³-hybridized carbons (Fsp3) is 0.381. The van der Waals surface area contributed by atoms with Crippen molar-refractivity contribution in [3.8, 4) is 5.75 Å². The lowest BCUT2D eigenvalue weighted by atomic mass is 9.98. The van der Waals surface area contributed by atoms with E-state index in [4.69, 9.17) is 4.74 Å². The van der Waals surface area contributed by atoms with E-state index in [2.05, 4.69) is 0 Å². The molecule has 1 heterocycles. The number of aryl methyl sites for hydroxylation is 2. The van der Waals surface area contributed by atoms with Gasteiger partial charge in [-0.05, 0) is 56.0 Å². The number of hydrogen-bond acceptors (Lipinski definition) is 2. The zero-order chi connectivity index (χ0) is 17.8. The molecule has 25 heavy (non-hydrogen) atoms. The third-order valence-electron chi connectivity index (χ3n) is 4.73. The summed E-state index contributed by atoms with van der Waals surface area (Å²) >= 11 is 0. The number of hydrogen-bond donors (Lipinski definition) is 0. The van der Waals surface area contributed by atoms with E-state index >= 15 is 0 Å². The van der Waals surface area contributed by atoms with Gasteiger partial charge in [0.1, 0.15) is 11.6 Å². The molecule has 0 saturated carbocycles. The van der Waals surface area contributed by atoms with Crippen LogP contribution in [0.2, 0.25) is 0 Å². The summed E-state index contributed by atoms with van der Waals surface area (Å²) in [6.07, 6.45) is 1.94. The summed E-state index contributed by atoms with van der Waals surface area (Å²) in [6, 6.07) is 12.7. The second-order valence-corrected chi connectivity index (χ2v) is 6.82. The van der Waals surface area contributed by atoms with Crippen molar-refractivity contribution >= 4 is 5.91 Å². The van der Waals surface area contributed by atoms with Crippen molar-refractivity contribution in [1.29, 1.82) is 0 Å². The average molecular weight is 341 g/mol. The molecule has 2 aromatic carbocycles. The topological polar surface area (TPSA) is 29.5 Å². The molecule has 0 aliphatic carbocycles. The van der Waals surface area contributed by atoms with Gasteiger partial charge in [-0.2, -0.15) is 0 Å². The van der Waals surface area contributed by atoms with Crippen LogP contribution in [0.4, 0.5) is 4.39 Å². The van der Waals surface area contributed by atoms with Crippen molar-refractivity contribution in [3.63, 3.8) is 0 Å². The molecule has 0 bridgehead atoms. The van der Waals surface area contributed by atoms with Gasteiger partial charge in [0.2, 0.25) is 0 Å². The van der Waals surface area contributed by atoms with Crippen molar-refractivity contribution in [2.24, 2.45) is 5.92 Å². The number of carbonyl (C=O) groups is 1. The summed E-state index contributed by atoms with van der Waals surface area (Å²) in [5, 5.41) is 0. The second kappa shape index (κ2) is 7.68. The fourth-order valence-electron chi connectivity index (χ4n) is 3.28. The summed E-state index contributed by atoms with van der Waals surface area (Å²) in [4.78, 5) is 14.4. The normalized spacial score (nSPS) is 17.4. The molecule has 4 heteroatoms. The predicted molar refractivity (Wildman–Crippen MR) is 96.4 cm³/mol. The number of piperidine rings is 1. The van der Waals surface area contributed by atoms with Crippen LogP contribution in [0.3, 0.4) is 0 Å². The molecule has 0 N–H and O–H groups in total. The highest BCUT2D eigenvalue weighted by Gasteiger charge is 2.26. The number of benzene rings is 2. The van der Waals surface area contributed by atoms with E-state index < -0.39 is 5.82 Å². The van der Waals surface area contributed by atoms with E-state index in [1.54, 1.807) is 17.0 Å². The van der Waals surface area contributed by atoms with Gasteiger partial charge in [-0.1, -0.05) is 24.3 Å². The minimum absolute atomic E-state index is 0.158. The SMILES string of the molecule is Cc1ccc(C(=O)N2CCCC(COc3ccccc3C)C2)c(F)c1. The smallest absolute Gasteiger partial charge is 0.256 e. The van der Waals surface area contributed by atoms with Gasteiger partial charge in [-0.25, -0.2) is 4.39 Å². The Morgan fingerprint density at radius 2 is 2.04 bits per heavy atom. The molecule has 1 aliphatic rings. The molecule has 0 aromatic heterocycles. The molecule has 3 nitrogen and oxygen atoms in total. The van der Waals surface area contributed by atoms with Crippen LogP contribution in [-0.4, -0.2) is 30.5 Å². The molecule has 1 aliphatic heterocycles. The first-order valence-electron chi connectivity index (χ1n) is 8.78. The summed E-state index contributed by atoms with van der Waals surface area (Å²) < 4.78 is 20.0. The van der Waals surface area contributed by atoms with E-state index in [1.165, 1.54) is 6.07 Å². The molecule has 0 spiro atoms. The number of para-hydroxylation sites is 1. The number of rotatable bonds is 4. The van der Waals surface area contributed by atoms with Gasteiger partial charge in [0.25, 0.3) is 5.91 Å². The van der Waals surface area contributed by atoms with Crippen LogP contribution in [0.5, 0.6) is 5.75 Å². The van der Waals surface area contributed by atoms with Gasteiger partial charge < -0.3 is 9.64 Å². The van der Waals surface area contributed by atoms with E-state index in [9.17, 15) is 9.18 Å². The highest BCUT2D eigenvalue weighted by molar-refractivity contribution is 5.94. The van der Waals surface area contributed by atoms with Crippen LogP contribution < -0.4 is 4.74 Å². The Balaban J connectivity index is 1.62. The molecule has 0 radical (unpaired) electrons. The molecule has 1 unspecified atom stereocenters. The van der Waals surface area contributed by atoms with Crippen molar-refractivity contribution in [2.45, 2.75) is 26.7 Å². The van der Waals surface area contributed by atoms with Crippen molar-refractivity contribution in [3.05, 3.63) is 65.0 Å². The monoisotopic (exact) mass is 341 g/mol. The minimum atomic E-state index is -0.441. The number of likely N-dealkylation sites (tertiary alicyclic amines) is 1. The third-order valence-corrected chi connectivity index (χ3v) is 4.73. The maximum absolute atomic E-state index is 14.1. The molecular weight excluding hydrogens is 317 g/mol. The number of ether oxygens (including phenoxy) is 1. The average Bonchev–Trinajstić information content (AvgIpc) is 2.61. The molecule has 132 valence electrons. The number of nitrogens with zero attached hydrogens (tertiary/aromatic N) is 1. The summed E-state index contributed by atoms with van der Waals surface area (Å²) in [5.74, 6) is 0.489. The Kier molecular flexibility index (Phi) is 5.37. The van der Waals surface area contributed by atoms with Crippen LogP contribution in [0.25, 0.3) is 0 Å². The highest BCUT2D eigenvalue weighted by Crippen LogP contribution is 2.23. The van der Waals surface area contributed by atoms with Gasteiger partial charge in [0, 0.05) is 19.0 Å². The summed E-state index contributed by atoms with van der Waals surface area (Å²) in [6.45, 7) is 5.69. The van der Waals surface area contributed by atoms with Gasteiger partial charge >= 0.3 is 0 Å². The fourth-order valence-corrected chi connectivity index (χ4v) is 3.28. The predicted octanol–water partition coefficient (Wildman–Crippen LogP) is 4.37. The summed E-state index contributed by atoms with van der Waals surface area (Å²) in [5.41, 5.74) is 2.08. The van der Waals surface area contributed by atoms with Gasteiger partial charge in [0.15, 0.2) is 0 Å². The molecule has 1 fully saturated rings. The lowest BCUT2D eigenvalue weighted by Crippen LogP contribution is -2.41. The summed E-state index contributed by atoms with van der Waals surface area (Å²) in [7, 11) is 0. The van der Waals surface area contributed by atoms with E-state index in [0.29, 0.717) is 19.7 Å². The number of halogens is 1. The largest absolute Gasteiger partial charge is 0.493 e. The van der Waals surface area contributed by atoms with E-state index in [1.807, 2.05) is 38.1 Å². The van der Waals surface area contributed by atoms with Crippen molar-refractivity contribution < 1.29 is 13.9 Å². The van der Waals surface area contributed by atoms with Crippen LogP contribution in [0.1, 0.15) is 34.3 Å². The van der Waals surface area contributed by atoms with Gasteiger partial charge in [-0.15, -0.1) is 0 Å². The first-order valence-corrected chi connectivity index (χ1v) is 8.78. The zero-order valence-electron chi connectivity index (χ0n) is 14.8. The molecule has 1 atom stereocenters. The van der Waals surface area contributed by atoms with E-state index in [-0.39, 0.29) is 17.4 Å². The molecule has 1 amide bonds. The van der Waals surface area contributed by atoms with Crippen LogP contribution in [0, 0.1) is 25.6 Å². The number of amides is 1. The maximum atomic E-state index is 14.1. The Morgan fingerprint density at radius 3 is 2.80 bits per heavy atom. The standard InChI is InChI=1S/C21H24FNO2/c1-15-9-10-18(19(22)12-15)21(24)23-11-5-7-17(13-23)14-25-20-8-4-3-6-16(20)2/h3-4,6,8-10,12,17H,5,7,11,13-14H2,1-2H3. The van der Waals surface area contributed by atoms with E-state index in [0.717, 1.165) is 29.7 Å². The highest BCUT2D eigenvalue weighted by atomic mass is 19.1. The lowest BCUT2D eigenvalue weighted by Gasteiger charge is -2.33. The van der Waals surface area contributed by atoms with Crippen molar-refractivity contribution in [2.75, 3.05) is 19.7 Å². The molecule has 3 rings (SSSR count). The Bertz CT molecular complexity index is 759. The van der Waals surface area contributed by atoms with Gasteiger partial charge in [0.05, 0.1) is 12.2 Å². The first-order chi connectivity index (χ1) is 12.0. The quantitative estimate of drug-likeness (QED) is 0.826. The van der Waals surface area contributed by atoms with Crippen LogP contribution in [0.15, 0.2) is 42.5 Å². The van der Waals surface area contributed by atoms with Gasteiger partial charge in [-0.3, -0.25) is 4.79 Å². The number of carbonyl (C=O) groups excluding carboxylic acids is 1. The zero-order valence-corrected chi connectivity index (χ0v) is 14.8. The molecular formula is C21H24FNO2. The maximum Gasteiger partial charge on any atom is 0.256 e. The minimum Gasteiger partial charge on any atom is -0.493 e. The first kappa shape index (κ1) is 17.5. The molecule has 1 saturated heterocycles. The Morgan fingerprint density at radius 1 is 1.24 bits per heavy atom. The van der Waals surface area contributed by atoms with Crippen molar-refractivity contribution in [1.82, 2.24) is 4.90 Å².